The van der Waals surface area contributed by atoms with Crippen LogP contribution < -0.4 is 14.8 Å². The summed E-state index contributed by atoms with van der Waals surface area (Å²) in [5.41, 5.74) is 1.35. The summed E-state index contributed by atoms with van der Waals surface area (Å²) in [6, 6.07) is 7.43. The van der Waals surface area contributed by atoms with Crippen molar-refractivity contribution in [3.8, 4) is 11.5 Å². The average molecular weight is 324 g/mol. The maximum atomic E-state index is 12.4. The molecule has 1 atom stereocenters. The standard InChI is InChI=1S/C17H16N4O3/c1-23-14-5-2-4-11-8-12(10-24-15(11)14)19-16(22)13-9-21-7-3-6-18-17(21)20-13/h2-7,9,12H,8,10H2,1H3,(H,19,22). The quantitative estimate of drug-likeness (QED) is 0.789. The van der Waals surface area contributed by atoms with Crippen LogP contribution in [0.25, 0.3) is 5.78 Å². The zero-order chi connectivity index (χ0) is 16.5. The van der Waals surface area contributed by atoms with Crippen molar-refractivity contribution in [2.45, 2.75) is 12.5 Å². The Kier molecular flexibility index (Phi) is 3.53. The number of carbonyl (C=O) groups excluding carboxylic acids is 1. The molecule has 2 aromatic heterocycles. The van der Waals surface area contributed by atoms with Crippen LogP contribution in [0.15, 0.2) is 42.9 Å². The number of hydrogen-bond donors (Lipinski definition) is 1. The summed E-state index contributed by atoms with van der Waals surface area (Å²) >= 11 is 0. The molecule has 122 valence electrons. The third-order valence-corrected chi connectivity index (χ3v) is 3.98. The highest BCUT2D eigenvalue weighted by molar-refractivity contribution is 5.93. The van der Waals surface area contributed by atoms with Crippen LogP contribution in [0.2, 0.25) is 0 Å². The summed E-state index contributed by atoms with van der Waals surface area (Å²) in [5.74, 6) is 1.73. The maximum absolute atomic E-state index is 12.4. The van der Waals surface area contributed by atoms with E-state index >= 15 is 0 Å². The molecule has 1 amide bonds. The molecule has 24 heavy (non-hydrogen) atoms. The van der Waals surface area contributed by atoms with Crippen LogP contribution in [-0.2, 0) is 6.42 Å². The van der Waals surface area contributed by atoms with Crippen LogP contribution in [0.5, 0.6) is 11.5 Å². The minimum atomic E-state index is -0.236. The molecular formula is C17H16N4O3. The van der Waals surface area contributed by atoms with Gasteiger partial charge in [0.1, 0.15) is 12.3 Å². The van der Waals surface area contributed by atoms with Crippen LogP contribution in [-0.4, -0.2) is 40.0 Å². The van der Waals surface area contributed by atoms with Crippen molar-refractivity contribution in [1.29, 1.82) is 0 Å². The summed E-state index contributed by atoms with van der Waals surface area (Å²) in [7, 11) is 1.62. The molecule has 0 fully saturated rings. The molecular weight excluding hydrogens is 308 g/mol. The molecule has 1 N–H and O–H groups in total. The van der Waals surface area contributed by atoms with Crippen LogP contribution in [0, 0.1) is 0 Å². The zero-order valence-electron chi connectivity index (χ0n) is 13.1. The van der Waals surface area contributed by atoms with Gasteiger partial charge >= 0.3 is 0 Å². The summed E-state index contributed by atoms with van der Waals surface area (Å²) in [6.45, 7) is 0.394. The van der Waals surface area contributed by atoms with Gasteiger partial charge in [-0.2, -0.15) is 0 Å². The molecule has 0 bridgehead atoms. The third kappa shape index (κ3) is 2.54. The minimum absolute atomic E-state index is 0.116. The number of imidazole rings is 1. The Labute approximate surface area is 138 Å². The van der Waals surface area contributed by atoms with Gasteiger partial charge in [0.15, 0.2) is 11.5 Å². The summed E-state index contributed by atoms with van der Waals surface area (Å²) in [5, 5.41) is 2.97. The molecule has 1 aromatic carbocycles. The second kappa shape index (κ2) is 5.84. The van der Waals surface area contributed by atoms with Crippen LogP contribution in [0.1, 0.15) is 16.1 Å². The minimum Gasteiger partial charge on any atom is -0.493 e. The molecule has 4 rings (SSSR count). The van der Waals surface area contributed by atoms with E-state index in [-0.39, 0.29) is 11.9 Å². The number of rotatable bonds is 3. The van der Waals surface area contributed by atoms with Crippen LogP contribution in [0.4, 0.5) is 0 Å². The first-order valence-corrected chi connectivity index (χ1v) is 7.64. The van der Waals surface area contributed by atoms with Crippen molar-refractivity contribution < 1.29 is 14.3 Å². The van der Waals surface area contributed by atoms with Gasteiger partial charge in [0.2, 0.25) is 5.78 Å². The van der Waals surface area contributed by atoms with E-state index in [1.54, 1.807) is 36.2 Å². The average Bonchev–Trinajstić information content (AvgIpc) is 3.05. The number of ether oxygens (including phenoxy) is 2. The number of para-hydroxylation sites is 1. The Morgan fingerprint density at radius 2 is 2.33 bits per heavy atom. The first kappa shape index (κ1) is 14.5. The second-order valence-corrected chi connectivity index (χ2v) is 5.59. The number of aromatic nitrogens is 3. The zero-order valence-corrected chi connectivity index (χ0v) is 13.1. The molecule has 0 spiro atoms. The Balaban J connectivity index is 1.50. The fraction of sp³-hybridized carbons (Fsp3) is 0.235. The highest BCUT2D eigenvalue weighted by Crippen LogP contribution is 2.34. The van der Waals surface area contributed by atoms with E-state index < -0.39 is 0 Å². The molecule has 1 unspecified atom stereocenters. The Bertz CT molecular complexity index is 873. The van der Waals surface area contributed by atoms with Crippen molar-refractivity contribution >= 4 is 11.7 Å². The van der Waals surface area contributed by atoms with Gasteiger partial charge in [-0.3, -0.25) is 9.20 Å². The fourth-order valence-electron chi connectivity index (χ4n) is 2.85. The monoisotopic (exact) mass is 324 g/mol. The van der Waals surface area contributed by atoms with E-state index in [0.717, 1.165) is 11.3 Å². The van der Waals surface area contributed by atoms with Gasteiger partial charge in [-0.25, -0.2) is 9.97 Å². The maximum Gasteiger partial charge on any atom is 0.271 e. The summed E-state index contributed by atoms with van der Waals surface area (Å²) < 4.78 is 12.8. The molecule has 7 nitrogen and oxygen atoms in total. The first-order chi connectivity index (χ1) is 11.7. The van der Waals surface area contributed by atoms with Crippen molar-refractivity contribution in [3.05, 3.63) is 54.1 Å². The largest absolute Gasteiger partial charge is 0.493 e. The molecule has 0 aliphatic carbocycles. The van der Waals surface area contributed by atoms with Gasteiger partial charge in [0.05, 0.1) is 13.2 Å². The highest BCUT2D eigenvalue weighted by Gasteiger charge is 2.25. The number of hydrogen-bond acceptors (Lipinski definition) is 5. The number of amides is 1. The van der Waals surface area contributed by atoms with E-state index in [0.29, 0.717) is 30.2 Å². The van der Waals surface area contributed by atoms with E-state index in [4.69, 9.17) is 9.47 Å². The number of methoxy groups -OCH3 is 1. The summed E-state index contributed by atoms with van der Waals surface area (Å²) in [6.07, 6.45) is 5.80. The topological polar surface area (TPSA) is 77.8 Å². The molecule has 0 saturated heterocycles. The Morgan fingerprint density at radius 3 is 3.17 bits per heavy atom. The highest BCUT2D eigenvalue weighted by atomic mass is 16.5. The van der Waals surface area contributed by atoms with Gasteiger partial charge in [-0.05, 0) is 18.6 Å². The number of benzene rings is 1. The fourth-order valence-corrected chi connectivity index (χ4v) is 2.85. The summed E-state index contributed by atoms with van der Waals surface area (Å²) in [4.78, 5) is 20.8. The Hall–Kier alpha value is -3.09. The molecule has 3 heterocycles. The van der Waals surface area contributed by atoms with E-state index in [1.165, 1.54) is 0 Å². The van der Waals surface area contributed by atoms with Gasteiger partial charge in [-0.1, -0.05) is 12.1 Å². The van der Waals surface area contributed by atoms with Gasteiger partial charge in [0, 0.05) is 24.2 Å². The van der Waals surface area contributed by atoms with Gasteiger partial charge in [0.25, 0.3) is 5.91 Å². The van der Waals surface area contributed by atoms with Crippen LogP contribution in [0.3, 0.4) is 0 Å². The third-order valence-electron chi connectivity index (χ3n) is 3.98. The number of nitrogens with one attached hydrogen (secondary N) is 1. The van der Waals surface area contributed by atoms with Gasteiger partial charge in [-0.15, -0.1) is 0 Å². The van der Waals surface area contributed by atoms with Crippen molar-refractivity contribution in [3.63, 3.8) is 0 Å². The number of carbonyl (C=O) groups is 1. The van der Waals surface area contributed by atoms with E-state index in [2.05, 4.69) is 15.3 Å². The lowest BCUT2D eigenvalue weighted by molar-refractivity contribution is 0.0910. The van der Waals surface area contributed by atoms with Gasteiger partial charge < -0.3 is 14.8 Å². The predicted octanol–water partition coefficient (Wildman–Crippen LogP) is 1.47. The predicted molar refractivity (Wildman–Crippen MR) is 86.4 cm³/mol. The number of fused-ring (bicyclic) bond motifs is 2. The smallest absolute Gasteiger partial charge is 0.271 e. The first-order valence-electron chi connectivity index (χ1n) is 7.64. The number of nitrogens with zero attached hydrogens (tertiary/aromatic N) is 3. The van der Waals surface area contributed by atoms with E-state index in [9.17, 15) is 4.79 Å². The molecule has 1 aliphatic heterocycles. The van der Waals surface area contributed by atoms with E-state index in [1.807, 2.05) is 18.2 Å². The molecule has 3 aromatic rings. The van der Waals surface area contributed by atoms with Crippen molar-refractivity contribution in [2.75, 3.05) is 13.7 Å². The normalized spacial score (nSPS) is 16.3. The molecule has 0 radical (unpaired) electrons. The SMILES string of the molecule is COc1cccc2c1OCC(NC(=O)c1cn3cccnc3n1)C2. The lowest BCUT2D eigenvalue weighted by Gasteiger charge is -2.26. The second-order valence-electron chi connectivity index (χ2n) is 5.59. The van der Waals surface area contributed by atoms with Crippen molar-refractivity contribution in [2.24, 2.45) is 0 Å². The Morgan fingerprint density at radius 1 is 1.42 bits per heavy atom. The molecule has 7 heteroatoms. The van der Waals surface area contributed by atoms with Crippen LogP contribution >= 0.6 is 0 Å². The molecule has 1 aliphatic rings. The van der Waals surface area contributed by atoms with Crippen molar-refractivity contribution in [1.82, 2.24) is 19.7 Å². The molecule has 0 saturated carbocycles. The lowest BCUT2D eigenvalue weighted by atomic mass is 10.0. The lowest BCUT2D eigenvalue weighted by Crippen LogP contribution is -2.42.